The molecule has 2 aromatic heterocycles. The molecule has 0 spiro atoms. The molecular formula is C18H18N2O2. The summed E-state index contributed by atoms with van der Waals surface area (Å²) in [7, 11) is 1.78. The number of benzene rings is 1. The van der Waals surface area contributed by atoms with Crippen LogP contribution >= 0.6 is 0 Å². The Morgan fingerprint density at radius 1 is 1.18 bits per heavy atom. The van der Waals surface area contributed by atoms with E-state index in [9.17, 15) is 5.11 Å². The van der Waals surface area contributed by atoms with Crippen molar-refractivity contribution in [3.05, 3.63) is 53.9 Å². The second kappa shape index (κ2) is 5.56. The van der Waals surface area contributed by atoms with Gasteiger partial charge in [-0.25, -0.2) is 0 Å². The van der Waals surface area contributed by atoms with Crippen LogP contribution in [0.3, 0.4) is 0 Å². The summed E-state index contributed by atoms with van der Waals surface area (Å²) in [5.74, 6) is 1.10. The molecule has 112 valence electrons. The van der Waals surface area contributed by atoms with Gasteiger partial charge in [-0.3, -0.25) is 4.98 Å². The molecule has 1 aromatic carbocycles. The number of nitrogens with one attached hydrogen (secondary N) is 1. The lowest BCUT2D eigenvalue weighted by atomic mass is 9.98. The van der Waals surface area contributed by atoms with Crippen LogP contribution in [0.5, 0.6) is 5.75 Å². The molecule has 0 aliphatic rings. The molecule has 22 heavy (non-hydrogen) atoms. The SMILES string of the molecule is CNc1oc(-c2cccnc2)c(O)c1-c1cc(C)ccc1C. The molecule has 0 atom stereocenters. The van der Waals surface area contributed by atoms with Crippen molar-refractivity contribution in [3.63, 3.8) is 0 Å². The Bertz CT molecular complexity index is 807. The fraction of sp³-hybridized carbons (Fsp3) is 0.167. The zero-order valence-corrected chi connectivity index (χ0v) is 12.8. The van der Waals surface area contributed by atoms with Crippen LogP contribution in [-0.4, -0.2) is 17.1 Å². The van der Waals surface area contributed by atoms with E-state index in [1.165, 1.54) is 0 Å². The number of aryl methyl sites for hydroxylation is 2. The third kappa shape index (κ3) is 2.33. The fourth-order valence-corrected chi connectivity index (χ4v) is 2.55. The maximum absolute atomic E-state index is 10.7. The van der Waals surface area contributed by atoms with E-state index >= 15 is 0 Å². The van der Waals surface area contributed by atoms with Crippen molar-refractivity contribution in [1.29, 1.82) is 0 Å². The van der Waals surface area contributed by atoms with Gasteiger partial charge in [0, 0.05) is 25.0 Å². The second-order valence-electron chi connectivity index (χ2n) is 5.29. The summed E-state index contributed by atoms with van der Waals surface area (Å²) in [5.41, 5.74) is 4.60. The highest BCUT2D eigenvalue weighted by Gasteiger charge is 2.23. The van der Waals surface area contributed by atoms with Crippen LogP contribution in [0.4, 0.5) is 5.88 Å². The highest BCUT2D eigenvalue weighted by molar-refractivity contribution is 5.88. The Morgan fingerprint density at radius 3 is 2.68 bits per heavy atom. The summed E-state index contributed by atoms with van der Waals surface area (Å²) >= 11 is 0. The predicted molar refractivity (Wildman–Crippen MR) is 88.1 cm³/mol. The number of aromatic hydroxyl groups is 1. The zero-order chi connectivity index (χ0) is 15.7. The summed E-state index contributed by atoms with van der Waals surface area (Å²) < 4.78 is 5.83. The van der Waals surface area contributed by atoms with Crippen molar-refractivity contribution in [2.75, 3.05) is 12.4 Å². The van der Waals surface area contributed by atoms with Gasteiger partial charge >= 0.3 is 0 Å². The van der Waals surface area contributed by atoms with E-state index in [1.807, 2.05) is 38.1 Å². The molecule has 2 N–H and O–H groups in total. The van der Waals surface area contributed by atoms with Crippen LogP contribution in [-0.2, 0) is 0 Å². The molecule has 0 aliphatic heterocycles. The van der Waals surface area contributed by atoms with Gasteiger partial charge < -0.3 is 14.8 Å². The monoisotopic (exact) mass is 294 g/mol. The number of hydrogen-bond acceptors (Lipinski definition) is 4. The van der Waals surface area contributed by atoms with Crippen molar-refractivity contribution >= 4 is 5.88 Å². The number of rotatable bonds is 3. The number of aromatic nitrogens is 1. The van der Waals surface area contributed by atoms with Gasteiger partial charge in [0.15, 0.2) is 11.5 Å². The van der Waals surface area contributed by atoms with Gasteiger partial charge in [0.25, 0.3) is 0 Å². The minimum atomic E-state index is 0.131. The van der Waals surface area contributed by atoms with Crippen LogP contribution < -0.4 is 5.32 Å². The van der Waals surface area contributed by atoms with Crippen LogP contribution in [0, 0.1) is 13.8 Å². The van der Waals surface area contributed by atoms with E-state index in [2.05, 4.69) is 16.4 Å². The minimum Gasteiger partial charge on any atom is -0.504 e. The average Bonchev–Trinajstić information content (AvgIpc) is 2.87. The number of hydrogen-bond donors (Lipinski definition) is 2. The summed E-state index contributed by atoms with van der Waals surface area (Å²) in [6.07, 6.45) is 3.36. The first-order valence-electron chi connectivity index (χ1n) is 7.13. The topological polar surface area (TPSA) is 58.3 Å². The summed E-state index contributed by atoms with van der Waals surface area (Å²) in [6, 6.07) is 9.82. The van der Waals surface area contributed by atoms with E-state index in [0.717, 1.165) is 22.3 Å². The lowest BCUT2D eigenvalue weighted by Gasteiger charge is -2.07. The van der Waals surface area contributed by atoms with Crippen LogP contribution in [0.25, 0.3) is 22.5 Å². The molecule has 0 aliphatic carbocycles. The molecule has 0 radical (unpaired) electrons. The van der Waals surface area contributed by atoms with Crippen LogP contribution in [0.15, 0.2) is 47.1 Å². The van der Waals surface area contributed by atoms with Gasteiger partial charge in [0.2, 0.25) is 5.88 Å². The first-order chi connectivity index (χ1) is 10.6. The molecule has 2 heterocycles. The Hall–Kier alpha value is -2.75. The van der Waals surface area contributed by atoms with E-state index in [0.29, 0.717) is 17.2 Å². The molecule has 0 fully saturated rings. The standard InChI is InChI=1S/C18H18N2O2/c1-11-6-7-12(2)14(9-11)15-16(21)17(22-18(15)19-3)13-5-4-8-20-10-13/h4-10,19,21H,1-3H3. The van der Waals surface area contributed by atoms with E-state index in [4.69, 9.17) is 4.42 Å². The normalized spacial score (nSPS) is 10.7. The smallest absolute Gasteiger partial charge is 0.205 e. The van der Waals surface area contributed by atoms with Crippen molar-refractivity contribution in [1.82, 2.24) is 4.98 Å². The molecule has 4 nitrogen and oxygen atoms in total. The quantitative estimate of drug-likeness (QED) is 0.753. The molecule has 0 amide bonds. The van der Waals surface area contributed by atoms with Gasteiger partial charge in [0.1, 0.15) is 0 Å². The molecule has 3 rings (SSSR count). The van der Waals surface area contributed by atoms with Crippen molar-refractivity contribution in [2.24, 2.45) is 0 Å². The Balaban J connectivity index is 2.24. The highest BCUT2D eigenvalue weighted by atomic mass is 16.4. The fourth-order valence-electron chi connectivity index (χ4n) is 2.55. The van der Waals surface area contributed by atoms with Gasteiger partial charge in [-0.1, -0.05) is 23.8 Å². The first-order valence-corrected chi connectivity index (χ1v) is 7.13. The molecule has 0 unspecified atom stereocenters. The van der Waals surface area contributed by atoms with Crippen molar-refractivity contribution in [2.45, 2.75) is 13.8 Å². The molecule has 0 saturated carbocycles. The van der Waals surface area contributed by atoms with Crippen LogP contribution in [0.1, 0.15) is 11.1 Å². The van der Waals surface area contributed by atoms with Gasteiger partial charge in [-0.05, 0) is 37.1 Å². The number of nitrogens with zero attached hydrogens (tertiary/aromatic N) is 1. The highest BCUT2D eigenvalue weighted by Crippen LogP contribution is 2.46. The summed E-state index contributed by atoms with van der Waals surface area (Å²) in [4.78, 5) is 4.08. The largest absolute Gasteiger partial charge is 0.504 e. The predicted octanol–water partition coefficient (Wildman–Crippen LogP) is 4.37. The molecule has 0 bridgehead atoms. The molecule has 3 aromatic rings. The number of furan rings is 1. The zero-order valence-electron chi connectivity index (χ0n) is 12.8. The maximum Gasteiger partial charge on any atom is 0.205 e. The molecular weight excluding hydrogens is 276 g/mol. The van der Waals surface area contributed by atoms with Crippen LogP contribution in [0.2, 0.25) is 0 Å². The Labute approximate surface area is 129 Å². The molecule has 4 heteroatoms. The van der Waals surface area contributed by atoms with Crippen molar-refractivity contribution < 1.29 is 9.52 Å². The van der Waals surface area contributed by atoms with Crippen molar-refractivity contribution in [3.8, 4) is 28.2 Å². The van der Waals surface area contributed by atoms with E-state index in [-0.39, 0.29) is 5.75 Å². The maximum atomic E-state index is 10.7. The second-order valence-corrected chi connectivity index (χ2v) is 5.29. The average molecular weight is 294 g/mol. The van der Waals surface area contributed by atoms with Gasteiger partial charge in [-0.2, -0.15) is 0 Å². The first kappa shape index (κ1) is 14.2. The Morgan fingerprint density at radius 2 is 2.00 bits per heavy atom. The van der Waals surface area contributed by atoms with E-state index in [1.54, 1.807) is 19.4 Å². The minimum absolute atomic E-state index is 0.131. The third-order valence-corrected chi connectivity index (χ3v) is 3.70. The summed E-state index contributed by atoms with van der Waals surface area (Å²) in [5, 5.41) is 13.7. The third-order valence-electron chi connectivity index (χ3n) is 3.70. The summed E-state index contributed by atoms with van der Waals surface area (Å²) in [6.45, 7) is 4.05. The molecule has 0 saturated heterocycles. The number of anilines is 1. The van der Waals surface area contributed by atoms with E-state index < -0.39 is 0 Å². The van der Waals surface area contributed by atoms with Gasteiger partial charge in [-0.15, -0.1) is 0 Å². The lowest BCUT2D eigenvalue weighted by Crippen LogP contribution is -1.90. The van der Waals surface area contributed by atoms with Gasteiger partial charge in [0.05, 0.1) is 5.56 Å². The lowest BCUT2D eigenvalue weighted by molar-refractivity contribution is 0.466. The number of pyridine rings is 1. The Kier molecular flexibility index (Phi) is 3.59.